The van der Waals surface area contributed by atoms with Gasteiger partial charge in [-0.25, -0.2) is 0 Å². The molecule has 3 nitrogen and oxygen atoms in total. The predicted molar refractivity (Wildman–Crippen MR) is 106 cm³/mol. The molecule has 0 aliphatic carbocycles. The summed E-state index contributed by atoms with van der Waals surface area (Å²) < 4.78 is 0. The minimum Gasteiger partial charge on any atom is -0.384 e. The van der Waals surface area contributed by atoms with E-state index in [2.05, 4.69) is 86.7 Å². The number of nitrogens with one attached hydrogen (secondary N) is 2. The van der Waals surface area contributed by atoms with Crippen molar-refractivity contribution >= 4 is 11.4 Å². The van der Waals surface area contributed by atoms with Gasteiger partial charge in [-0.05, 0) is 58.0 Å². The largest absolute Gasteiger partial charge is 0.384 e. The highest BCUT2D eigenvalue weighted by molar-refractivity contribution is 5.52. The van der Waals surface area contributed by atoms with Crippen LogP contribution in [0.15, 0.2) is 36.4 Å². The third-order valence-electron chi connectivity index (χ3n) is 4.38. The third kappa shape index (κ3) is 5.57. The van der Waals surface area contributed by atoms with Crippen LogP contribution in [0.5, 0.6) is 0 Å². The Morgan fingerprint density at radius 1 is 0.708 bits per heavy atom. The summed E-state index contributed by atoms with van der Waals surface area (Å²) in [7, 11) is 2.17. The van der Waals surface area contributed by atoms with Crippen LogP contribution in [0.3, 0.4) is 0 Å². The van der Waals surface area contributed by atoms with Gasteiger partial charge in [0.2, 0.25) is 0 Å². The summed E-state index contributed by atoms with van der Waals surface area (Å²) in [6.45, 7) is 12.6. The number of rotatable bonds is 8. The second-order valence-corrected chi connectivity index (χ2v) is 6.79. The Bertz CT molecular complexity index is 607. The molecule has 0 spiro atoms. The first-order valence-corrected chi connectivity index (χ1v) is 8.76. The summed E-state index contributed by atoms with van der Waals surface area (Å²) in [6, 6.07) is 13.1. The molecule has 0 bridgehead atoms. The van der Waals surface area contributed by atoms with Gasteiger partial charge >= 0.3 is 0 Å². The van der Waals surface area contributed by atoms with E-state index in [1.54, 1.807) is 0 Å². The van der Waals surface area contributed by atoms with Crippen LogP contribution in [0.4, 0.5) is 11.4 Å². The van der Waals surface area contributed by atoms with Crippen LogP contribution >= 0.6 is 0 Å². The van der Waals surface area contributed by atoms with Crippen molar-refractivity contribution in [1.29, 1.82) is 0 Å². The SMILES string of the molecule is Cc1ccc(NCCN(C)CCNc2ccc(C)cc2C)c(C)c1. The van der Waals surface area contributed by atoms with Gasteiger partial charge in [0.25, 0.3) is 0 Å². The molecule has 0 saturated carbocycles. The van der Waals surface area contributed by atoms with Crippen molar-refractivity contribution in [3.05, 3.63) is 58.7 Å². The minimum atomic E-state index is 0.962. The van der Waals surface area contributed by atoms with Crippen LogP contribution < -0.4 is 10.6 Å². The second kappa shape index (κ2) is 8.74. The van der Waals surface area contributed by atoms with Gasteiger partial charge in [0.1, 0.15) is 0 Å². The van der Waals surface area contributed by atoms with E-state index >= 15 is 0 Å². The van der Waals surface area contributed by atoms with Crippen molar-refractivity contribution < 1.29 is 0 Å². The Kier molecular flexibility index (Phi) is 6.68. The molecule has 0 fully saturated rings. The van der Waals surface area contributed by atoms with Crippen molar-refractivity contribution in [3.63, 3.8) is 0 Å². The molecule has 0 aliphatic heterocycles. The molecule has 130 valence electrons. The average Bonchev–Trinajstić information content (AvgIpc) is 2.51. The molecule has 0 amide bonds. The van der Waals surface area contributed by atoms with E-state index in [1.165, 1.54) is 33.6 Å². The van der Waals surface area contributed by atoms with Crippen LogP contribution in [0.1, 0.15) is 22.3 Å². The number of anilines is 2. The van der Waals surface area contributed by atoms with Gasteiger partial charge in [-0.2, -0.15) is 0 Å². The van der Waals surface area contributed by atoms with Crippen molar-refractivity contribution in [2.24, 2.45) is 0 Å². The Balaban J connectivity index is 1.69. The smallest absolute Gasteiger partial charge is 0.0370 e. The molecule has 0 unspecified atom stereocenters. The normalized spacial score (nSPS) is 10.9. The first-order chi connectivity index (χ1) is 11.5. The number of benzene rings is 2. The van der Waals surface area contributed by atoms with Gasteiger partial charge in [-0.3, -0.25) is 0 Å². The number of hydrogen-bond donors (Lipinski definition) is 2. The quantitative estimate of drug-likeness (QED) is 0.754. The zero-order chi connectivity index (χ0) is 17.5. The van der Waals surface area contributed by atoms with Crippen LogP contribution in [-0.4, -0.2) is 38.1 Å². The Labute approximate surface area is 147 Å². The fourth-order valence-electron chi connectivity index (χ4n) is 2.90. The summed E-state index contributed by atoms with van der Waals surface area (Å²) >= 11 is 0. The Morgan fingerprint density at radius 3 is 1.50 bits per heavy atom. The van der Waals surface area contributed by atoms with Gasteiger partial charge in [0.05, 0.1) is 0 Å². The number of nitrogens with zero attached hydrogens (tertiary/aromatic N) is 1. The van der Waals surface area contributed by atoms with Crippen LogP contribution in [-0.2, 0) is 0 Å². The maximum Gasteiger partial charge on any atom is 0.0370 e. The van der Waals surface area contributed by atoms with Gasteiger partial charge in [0.15, 0.2) is 0 Å². The van der Waals surface area contributed by atoms with Crippen molar-refractivity contribution in [2.45, 2.75) is 27.7 Å². The molecule has 3 heteroatoms. The van der Waals surface area contributed by atoms with Crippen molar-refractivity contribution in [1.82, 2.24) is 4.90 Å². The van der Waals surface area contributed by atoms with Gasteiger partial charge in [-0.1, -0.05) is 35.4 Å². The molecular formula is C21H31N3. The maximum atomic E-state index is 3.53. The van der Waals surface area contributed by atoms with Crippen LogP contribution in [0.25, 0.3) is 0 Å². The van der Waals surface area contributed by atoms with Crippen molar-refractivity contribution in [2.75, 3.05) is 43.9 Å². The molecule has 0 aliphatic rings. The summed E-state index contributed by atoms with van der Waals surface area (Å²) in [5, 5.41) is 7.06. The lowest BCUT2D eigenvalue weighted by atomic mass is 10.1. The molecule has 0 aromatic heterocycles. The van der Waals surface area contributed by atoms with Gasteiger partial charge in [0, 0.05) is 37.6 Å². The molecule has 2 rings (SSSR count). The van der Waals surface area contributed by atoms with E-state index in [1.807, 2.05) is 0 Å². The zero-order valence-electron chi connectivity index (χ0n) is 15.7. The van der Waals surface area contributed by atoms with E-state index in [-0.39, 0.29) is 0 Å². The summed E-state index contributed by atoms with van der Waals surface area (Å²) in [6.07, 6.45) is 0. The first-order valence-electron chi connectivity index (χ1n) is 8.76. The fraction of sp³-hybridized carbons (Fsp3) is 0.429. The molecule has 2 aromatic rings. The standard InChI is InChI=1S/C21H31N3/c1-16-6-8-20(18(3)14-16)22-10-12-24(5)13-11-23-21-9-7-17(2)15-19(21)4/h6-9,14-15,22-23H,10-13H2,1-5H3. The molecule has 24 heavy (non-hydrogen) atoms. The molecule has 0 heterocycles. The van der Waals surface area contributed by atoms with E-state index in [0.29, 0.717) is 0 Å². The number of hydrogen-bond acceptors (Lipinski definition) is 3. The van der Waals surface area contributed by atoms with Crippen LogP contribution in [0.2, 0.25) is 0 Å². The molecule has 0 saturated heterocycles. The lowest BCUT2D eigenvalue weighted by Gasteiger charge is -2.19. The molecule has 2 N–H and O–H groups in total. The van der Waals surface area contributed by atoms with Gasteiger partial charge < -0.3 is 15.5 Å². The lowest BCUT2D eigenvalue weighted by molar-refractivity contribution is 0.361. The Hall–Kier alpha value is -2.00. The summed E-state index contributed by atoms with van der Waals surface area (Å²) in [5.41, 5.74) is 7.73. The topological polar surface area (TPSA) is 27.3 Å². The zero-order valence-corrected chi connectivity index (χ0v) is 15.7. The van der Waals surface area contributed by atoms with Crippen LogP contribution in [0, 0.1) is 27.7 Å². The molecular weight excluding hydrogens is 294 g/mol. The van der Waals surface area contributed by atoms with E-state index in [4.69, 9.17) is 0 Å². The van der Waals surface area contributed by atoms with Crippen molar-refractivity contribution in [3.8, 4) is 0 Å². The first kappa shape index (κ1) is 18.3. The van der Waals surface area contributed by atoms with E-state index < -0.39 is 0 Å². The third-order valence-corrected chi connectivity index (χ3v) is 4.38. The number of likely N-dealkylation sites (N-methyl/N-ethyl adjacent to an activating group) is 1. The van der Waals surface area contributed by atoms with Gasteiger partial charge in [-0.15, -0.1) is 0 Å². The highest BCUT2D eigenvalue weighted by Crippen LogP contribution is 2.16. The highest BCUT2D eigenvalue weighted by atomic mass is 15.1. The predicted octanol–water partition coefficient (Wildman–Crippen LogP) is 4.38. The average molecular weight is 326 g/mol. The highest BCUT2D eigenvalue weighted by Gasteiger charge is 2.02. The second-order valence-electron chi connectivity index (χ2n) is 6.79. The van der Waals surface area contributed by atoms with E-state index in [9.17, 15) is 0 Å². The molecule has 0 atom stereocenters. The molecule has 0 radical (unpaired) electrons. The minimum absolute atomic E-state index is 0.962. The lowest BCUT2D eigenvalue weighted by Crippen LogP contribution is -2.30. The fourth-order valence-corrected chi connectivity index (χ4v) is 2.90. The molecule has 2 aromatic carbocycles. The monoisotopic (exact) mass is 325 g/mol. The summed E-state index contributed by atoms with van der Waals surface area (Å²) in [5.74, 6) is 0. The van der Waals surface area contributed by atoms with E-state index in [0.717, 1.165) is 26.2 Å². The summed E-state index contributed by atoms with van der Waals surface area (Å²) in [4.78, 5) is 2.35. The number of aryl methyl sites for hydroxylation is 4. The Morgan fingerprint density at radius 2 is 1.12 bits per heavy atom. The maximum absolute atomic E-state index is 3.53.